The fourth-order valence-electron chi connectivity index (χ4n) is 1.87. The Bertz CT molecular complexity index is 750. The SMILES string of the molecule is Cc1cccc(C(=O)NCc2nnc(-c3cccs3)o2)c1. The van der Waals surface area contributed by atoms with Gasteiger partial charge in [0, 0.05) is 5.56 Å². The highest BCUT2D eigenvalue weighted by Gasteiger charge is 2.11. The molecule has 0 unspecified atom stereocenters. The van der Waals surface area contributed by atoms with Gasteiger partial charge in [-0.15, -0.1) is 21.5 Å². The second-order valence-corrected chi connectivity index (χ2v) is 5.48. The van der Waals surface area contributed by atoms with Crippen LogP contribution in [0.3, 0.4) is 0 Å². The molecule has 21 heavy (non-hydrogen) atoms. The molecule has 2 aromatic heterocycles. The van der Waals surface area contributed by atoms with Gasteiger partial charge in [0.15, 0.2) is 0 Å². The van der Waals surface area contributed by atoms with Crippen molar-refractivity contribution in [2.24, 2.45) is 0 Å². The summed E-state index contributed by atoms with van der Waals surface area (Å²) in [6, 6.07) is 11.2. The lowest BCUT2D eigenvalue weighted by molar-refractivity contribution is 0.0947. The molecule has 0 fully saturated rings. The molecule has 1 amide bonds. The Morgan fingerprint density at radius 1 is 1.29 bits per heavy atom. The summed E-state index contributed by atoms with van der Waals surface area (Å²) in [4.78, 5) is 12.9. The number of amides is 1. The quantitative estimate of drug-likeness (QED) is 0.804. The van der Waals surface area contributed by atoms with Gasteiger partial charge in [0.25, 0.3) is 11.8 Å². The first-order chi connectivity index (χ1) is 10.2. The van der Waals surface area contributed by atoms with Crippen LogP contribution in [-0.4, -0.2) is 16.1 Å². The van der Waals surface area contributed by atoms with Crippen molar-refractivity contribution in [3.05, 3.63) is 58.8 Å². The predicted molar refractivity (Wildman–Crippen MR) is 80.0 cm³/mol. The average molecular weight is 299 g/mol. The van der Waals surface area contributed by atoms with Crippen molar-refractivity contribution in [3.8, 4) is 10.8 Å². The van der Waals surface area contributed by atoms with Gasteiger partial charge in [0.1, 0.15) is 0 Å². The van der Waals surface area contributed by atoms with E-state index in [1.165, 1.54) is 11.3 Å². The summed E-state index contributed by atoms with van der Waals surface area (Å²) >= 11 is 1.53. The minimum Gasteiger partial charge on any atom is -0.418 e. The summed E-state index contributed by atoms with van der Waals surface area (Å²) in [6.07, 6.45) is 0. The number of hydrogen-bond donors (Lipinski definition) is 1. The highest BCUT2D eigenvalue weighted by molar-refractivity contribution is 7.13. The van der Waals surface area contributed by atoms with Crippen LogP contribution in [0.1, 0.15) is 21.8 Å². The molecule has 1 N–H and O–H groups in total. The zero-order valence-electron chi connectivity index (χ0n) is 11.4. The summed E-state index contributed by atoms with van der Waals surface area (Å²) < 4.78 is 5.51. The maximum absolute atomic E-state index is 12.0. The number of nitrogens with zero attached hydrogens (tertiary/aromatic N) is 2. The van der Waals surface area contributed by atoms with Crippen molar-refractivity contribution in [1.29, 1.82) is 0 Å². The van der Waals surface area contributed by atoms with Crippen LogP contribution < -0.4 is 5.32 Å². The van der Waals surface area contributed by atoms with Crippen LogP contribution in [0.5, 0.6) is 0 Å². The molecule has 0 radical (unpaired) electrons. The number of aryl methyl sites for hydroxylation is 1. The van der Waals surface area contributed by atoms with E-state index < -0.39 is 0 Å². The van der Waals surface area contributed by atoms with E-state index in [1.54, 1.807) is 6.07 Å². The number of thiophene rings is 1. The first kappa shape index (κ1) is 13.5. The highest BCUT2D eigenvalue weighted by atomic mass is 32.1. The third-order valence-corrected chi connectivity index (χ3v) is 3.74. The average Bonchev–Trinajstić information content (AvgIpc) is 3.15. The summed E-state index contributed by atoms with van der Waals surface area (Å²) in [6.45, 7) is 2.16. The van der Waals surface area contributed by atoms with Crippen molar-refractivity contribution in [3.63, 3.8) is 0 Å². The first-order valence-corrected chi connectivity index (χ1v) is 7.31. The van der Waals surface area contributed by atoms with Crippen molar-refractivity contribution >= 4 is 17.2 Å². The maximum Gasteiger partial charge on any atom is 0.257 e. The molecule has 0 bridgehead atoms. The molecule has 0 spiro atoms. The molecule has 3 aromatic rings. The Morgan fingerprint density at radius 2 is 2.19 bits per heavy atom. The third-order valence-electron chi connectivity index (χ3n) is 2.88. The van der Waals surface area contributed by atoms with E-state index in [0.29, 0.717) is 17.3 Å². The van der Waals surface area contributed by atoms with E-state index in [4.69, 9.17) is 4.42 Å². The van der Waals surface area contributed by atoms with Gasteiger partial charge < -0.3 is 9.73 Å². The smallest absolute Gasteiger partial charge is 0.257 e. The van der Waals surface area contributed by atoms with Gasteiger partial charge in [0.2, 0.25) is 5.89 Å². The van der Waals surface area contributed by atoms with E-state index >= 15 is 0 Å². The molecular formula is C15H13N3O2S. The van der Waals surface area contributed by atoms with E-state index in [0.717, 1.165) is 10.4 Å². The predicted octanol–water partition coefficient (Wildman–Crippen LogP) is 3.04. The molecule has 3 rings (SSSR count). The van der Waals surface area contributed by atoms with Crippen LogP contribution >= 0.6 is 11.3 Å². The largest absolute Gasteiger partial charge is 0.418 e. The van der Waals surface area contributed by atoms with Gasteiger partial charge in [-0.2, -0.15) is 0 Å². The summed E-state index contributed by atoms with van der Waals surface area (Å²) in [7, 11) is 0. The normalized spacial score (nSPS) is 10.5. The standard InChI is InChI=1S/C15H13N3O2S/c1-10-4-2-5-11(8-10)14(19)16-9-13-17-18-15(20-13)12-6-3-7-21-12/h2-8H,9H2,1H3,(H,16,19). The van der Waals surface area contributed by atoms with Crippen LogP contribution in [0, 0.1) is 6.92 Å². The number of nitrogens with one attached hydrogen (secondary N) is 1. The molecule has 1 aromatic carbocycles. The zero-order valence-corrected chi connectivity index (χ0v) is 12.2. The number of hydrogen-bond acceptors (Lipinski definition) is 5. The molecule has 0 saturated carbocycles. The molecule has 106 valence electrons. The third kappa shape index (κ3) is 3.17. The number of rotatable bonds is 4. The van der Waals surface area contributed by atoms with E-state index in [-0.39, 0.29) is 12.5 Å². The van der Waals surface area contributed by atoms with E-state index in [1.807, 2.05) is 42.6 Å². The monoisotopic (exact) mass is 299 g/mol. The molecule has 0 saturated heterocycles. The number of aromatic nitrogens is 2. The van der Waals surface area contributed by atoms with Crippen LogP contribution in [0.2, 0.25) is 0 Å². The second-order valence-electron chi connectivity index (χ2n) is 4.53. The Hall–Kier alpha value is -2.47. The van der Waals surface area contributed by atoms with Crippen molar-refractivity contribution in [2.45, 2.75) is 13.5 Å². The molecule has 5 nitrogen and oxygen atoms in total. The Labute approximate surface area is 125 Å². The van der Waals surface area contributed by atoms with Gasteiger partial charge in [-0.25, -0.2) is 0 Å². The molecule has 2 heterocycles. The van der Waals surface area contributed by atoms with Crippen LogP contribution in [0.4, 0.5) is 0 Å². The fourth-order valence-corrected chi connectivity index (χ4v) is 2.51. The number of benzene rings is 1. The lowest BCUT2D eigenvalue weighted by Crippen LogP contribution is -2.22. The minimum absolute atomic E-state index is 0.158. The minimum atomic E-state index is -0.158. The maximum atomic E-state index is 12.0. The molecule has 0 atom stereocenters. The summed E-state index contributed by atoms with van der Waals surface area (Å²) in [5.74, 6) is 0.707. The molecular weight excluding hydrogens is 286 g/mol. The van der Waals surface area contributed by atoms with Crippen LogP contribution in [0.15, 0.2) is 46.2 Å². The summed E-state index contributed by atoms with van der Waals surface area (Å²) in [5, 5.41) is 12.6. The van der Waals surface area contributed by atoms with E-state index in [9.17, 15) is 4.79 Å². The topological polar surface area (TPSA) is 68.0 Å². The van der Waals surface area contributed by atoms with Gasteiger partial charge in [0.05, 0.1) is 11.4 Å². The Morgan fingerprint density at radius 3 is 2.95 bits per heavy atom. The Kier molecular flexibility index (Phi) is 3.79. The molecule has 6 heteroatoms. The first-order valence-electron chi connectivity index (χ1n) is 6.43. The fraction of sp³-hybridized carbons (Fsp3) is 0.133. The highest BCUT2D eigenvalue weighted by Crippen LogP contribution is 2.22. The van der Waals surface area contributed by atoms with Crippen molar-refractivity contribution in [1.82, 2.24) is 15.5 Å². The van der Waals surface area contributed by atoms with Gasteiger partial charge in [-0.3, -0.25) is 4.79 Å². The Balaban J connectivity index is 1.64. The summed E-state index contributed by atoms with van der Waals surface area (Å²) in [5.41, 5.74) is 1.66. The molecule has 0 aliphatic carbocycles. The molecule has 0 aliphatic heterocycles. The zero-order chi connectivity index (χ0) is 14.7. The van der Waals surface area contributed by atoms with Gasteiger partial charge in [-0.1, -0.05) is 23.8 Å². The van der Waals surface area contributed by atoms with Gasteiger partial charge in [-0.05, 0) is 30.5 Å². The van der Waals surface area contributed by atoms with Crippen molar-refractivity contribution < 1.29 is 9.21 Å². The van der Waals surface area contributed by atoms with Crippen molar-refractivity contribution in [2.75, 3.05) is 0 Å². The number of carbonyl (C=O) groups excluding carboxylic acids is 1. The van der Waals surface area contributed by atoms with Crippen LogP contribution in [-0.2, 0) is 6.54 Å². The lowest BCUT2D eigenvalue weighted by atomic mass is 10.1. The van der Waals surface area contributed by atoms with E-state index in [2.05, 4.69) is 15.5 Å². The van der Waals surface area contributed by atoms with Gasteiger partial charge >= 0.3 is 0 Å². The number of carbonyl (C=O) groups is 1. The molecule has 0 aliphatic rings. The second kappa shape index (κ2) is 5.88. The van der Waals surface area contributed by atoms with Crippen LogP contribution in [0.25, 0.3) is 10.8 Å². The lowest BCUT2D eigenvalue weighted by Gasteiger charge is -2.03.